The molecule has 0 spiro atoms. The monoisotopic (exact) mass is 306 g/mol. The molecule has 0 saturated heterocycles. The molecule has 114 valence electrons. The van der Waals surface area contributed by atoms with Crippen LogP contribution in [0, 0.1) is 13.8 Å². The van der Waals surface area contributed by atoms with Gasteiger partial charge in [0.05, 0.1) is 6.54 Å². The predicted molar refractivity (Wildman–Crippen MR) is 88.0 cm³/mol. The number of nitrogens with zero attached hydrogens (tertiary/aromatic N) is 2. The summed E-state index contributed by atoms with van der Waals surface area (Å²) in [4.78, 5) is 11.5. The number of anilines is 2. The molecule has 0 radical (unpaired) electrons. The number of aryl methyl sites for hydroxylation is 2. The first kappa shape index (κ1) is 15.7. The summed E-state index contributed by atoms with van der Waals surface area (Å²) in [6.07, 6.45) is 0. The Morgan fingerprint density at radius 1 is 1.14 bits per heavy atom. The van der Waals surface area contributed by atoms with Crippen molar-refractivity contribution in [3.63, 3.8) is 0 Å². The third-order valence-corrected chi connectivity index (χ3v) is 4.22. The molecule has 5 nitrogen and oxygen atoms in total. The van der Waals surface area contributed by atoms with Crippen LogP contribution in [0.1, 0.15) is 28.1 Å². The number of methoxy groups -OCH3 is 1. The fourth-order valence-corrected chi connectivity index (χ4v) is 2.96. The summed E-state index contributed by atoms with van der Waals surface area (Å²) >= 11 is 1.82. The number of hydrogen-bond donors (Lipinski definition) is 2. The van der Waals surface area contributed by atoms with Gasteiger partial charge < -0.3 is 15.4 Å². The zero-order valence-electron chi connectivity index (χ0n) is 13.0. The van der Waals surface area contributed by atoms with E-state index in [0.717, 1.165) is 24.7 Å². The Kier molecular flexibility index (Phi) is 5.52. The van der Waals surface area contributed by atoms with E-state index in [-0.39, 0.29) is 0 Å². The lowest BCUT2D eigenvalue weighted by Gasteiger charge is -2.09. The fraction of sp³-hybridized carbons (Fsp3) is 0.467. The van der Waals surface area contributed by atoms with Gasteiger partial charge in [0, 0.05) is 29.5 Å². The van der Waals surface area contributed by atoms with Gasteiger partial charge in [-0.05, 0) is 32.4 Å². The molecule has 21 heavy (non-hydrogen) atoms. The number of hydrogen-bond acceptors (Lipinski definition) is 6. The number of ether oxygens (including phenoxy) is 1. The smallest absolute Gasteiger partial charge is 0.158 e. The second kappa shape index (κ2) is 7.38. The molecule has 0 bridgehead atoms. The van der Waals surface area contributed by atoms with Crippen LogP contribution in [0.15, 0.2) is 12.1 Å². The minimum Gasteiger partial charge on any atom is -0.377 e. The van der Waals surface area contributed by atoms with E-state index < -0.39 is 0 Å². The third-order valence-electron chi connectivity index (χ3n) is 3.06. The molecule has 0 saturated carbocycles. The highest BCUT2D eigenvalue weighted by molar-refractivity contribution is 7.12. The minimum absolute atomic E-state index is 0.408. The Bertz CT molecular complexity index is 554. The van der Waals surface area contributed by atoms with Crippen LogP contribution in [0.5, 0.6) is 0 Å². The van der Waals surface area contributed by atoms with Crippen molar-refractivity contribution in [1.29, 1.82) is 0 Å². The summed E-state index contributed by atoms with van der Waals surface area (Å²) in [6.45, 7) is 8.34. The average molecular weight is 306 g/mol. The maximum Gasteiger partial charge on any atom is 0.158 e. The number of nitrogens with one attached hydrogen (secondary N) is 2. The first-order valence-electron chi connectivity index (χ1n) is 7.03. The van der Waals surface area contributed by atoms with Gasteiger partial charge >= 0.3 is 0 Å². The van der Waals surface area contributed by atoms with Crippen molar-refractivity contribution in [1.82, 2.24) is 9.97 Å². The lowest BCUT2D eigenvalue weighted by atomic mass is 10.3. The third kappa shape index (κ3) is 4.41. The second-order valence-corrected chi connectivity index (χ2v) is 6.16. The minimum atomic E-state index is 0.408. The van der Waals surface area contributed by atoms with Crippen molar-refractivity contribution >= 4 is 23.0 Å². The maximum atomic E-state index is 5.12. The molecule has 2 aromatic rings. The highest BCUT2D eigenvalue weighted by atomic mass is 32.1. The lowest BCUT2D eigenvalue weighted by Crippen LogP contribution is -2.08. The van der Waals surface area contributed by atoms with E-state index in [1.54, 1.807) is 7.11 Å². The van der Waals surface area contributed by atoms with Crippen LogP contribution in [0.4, 0.5) is 11.6 Å². The van der Waals surface area contributed by atoms with Gasteiger partial charge in [0.1, 0.15) is 18.2 Å². The molecule has 2 rings (SSSR count). The Morgan fingerprint density at radius 2 is 1.86 bits per heavy atom. The highest BCUT2D eigenvalue weighted by Gasteiger charge is 2.06. The Hall–Kier alpha value is -1.66. The maximum absolute atomic E-state index is 5.12. The summed E-state index contributed by atoms with van der Waals surface area (Å²) in [5, 5.41) is 6.58. The molecule has 0 aromatic carbocycles. The number of aromatic nitrogens is 2. The molecule has 0 aliphatic heterocycles. The Labute approximate surface area is 129 Å². The topological polar surface area (TPSA) is 59.1 Å². The van der Waals surface area contributed by atoms with E-state index >= 15 is 0 Å². The molecule has 0 aliphatic rings. The molecule has 0 fully saturated rings. The van der Waals surface area contributed by atoms with Gasteiger partial charge in [-0.2, -0.15) is 0 Å². The van der Waals surface area contributed by atoms with Gasteiger partial charge in [0.25, 0.3) is 0 Å². The van der Waals surface area contributed by atoms with Gasteiger partial charge in [-0.1, -0.05) is 0 Å². The van der Waals surface area contributed by atoms with E-state index in [1.807, 2.05) is 24.3 Å². The van der Waals surface area contributed by atoms with Crippen LogP contribution in [0.25, 0.3) is 0 Å². The standard InChI is InChI=1S/C15H22N4OS/c1-5-16-13-7-14(19-15(18-13)9-20-4)17-8-12-6-10(2)11(3)21-12/h6-7H,5,8-9H2,1-4H3,(H2,16,17,18,19). The van der Waals surface area contributed by atoms with E-state index in [2.05, 4.69) is 40.5 Å². The predicted octanol–water partition coefficient (Wildman–Crippen LogP) is 3.35. The zero-order chi connectivity index (χ0) is 15.2. The van der Waals surface area contributed by atoms with E-state index in [4.69, 9.17) is 4.74 Å². The molecule has 0 unspecified atom stereocenters. The van der Waals surface area contributed by atoms with E-state index in [9.17, 15) is 0 Å². The first-order valence-corrected chi connectivity index (χ1v) is 7.84. The van der Waals surface area contributed by atoms with Crippen LogP contribution in [0.2, 0.25) is 0 Å². The Morgan fingerprint density at radius 3 is 2.43 bits per heavy atom. The summed E-state index contributed by atoms with van der Waals surface area (Å²) < 4.78 is 5.12. The zero-order valence-corrected chi connectivity index (χ0v) is 13.8. The molecular formula is C15H22N4OS. The van der Waals surface area contributed by atoms with Crippen LogP contribution in [-0.4, -0.2) is 23.6 Å². The SMILES string of the molecule is CCNc1cc(NCc2cc(C)c(C)s2)nc(COC)n1. The lowest BCUT2D eigenvalue weighted by molar-refractivity contribution is 0.178. The Balaban J connectivity index is 2.10. The normalized spacial score (nSPS) is 10.7. The van der Waals surface area contributed by atoms with Gasteiger partial charge in [-0.3, -0.25) is 0 Å². The summed E-state index contributed by atoms with van der Waals surface area (Å²) in [5.41, 5.74) is 1.34. The van der Waals surface area contributed by atoms with Crippen molar-refractivity contribution in [3.05, 3.63) is 33.3 Å². The summed E-state index contributed by atoms with van der Waals surface area (Å²) in [6, 6.07) is 4.14. The van der Waals surface area contributed by atoms with Crippen LogP contribution < -0.4 is 10.6 Å². The van der Waals surface area contributed by atoms with Crippen LogP contribution >= 0.6 is 11.3 Å². The van der Waals surface area contributed by atoms with E-state index in [1.165, 1.54) is 15.3 Å². The number of rotatable bonds is 7. The molecule has 2 aromatic heterocycles. The molecule has 6 heteroatoms. The van der Waals surface area contributed by atoms with Crippen molar-refractivity contribution in [2.45, 2.75) is 33.9 Å². The van der Waals surface area contributed by atoms with Crippen molar-refractivity contribution in [3.8, 4) is 0 Å². The second-order valence-electron chi connectivity index (χ2n) is 4.82. The van der Waals surface area contributed by atoms with Crippen LogP contribution in [0.3, 0.4) is 0 Å². The number of thiophene rings is 1. The summed E-state index contributed by atoms with van der Waals surface area (Å²) in [5.74, 6) is 2.31. The van der Waals surface area contributed by atoms with Crippen LogP contribution in [-0.2, 0) is 17.9 Å². The average Bonchev–Trinajstić information content (AvgIpc) is 2.76. The molecule has 0 atom stereocenters. The van der Waals surface area contributed by atoms with Crippen molar-refractivity contribution in [2.24, 2.45) is 0 Å². The molecule has 0 amide bonds. The largest absolute Gasteiger partial charge is 0.377 e. The van der Waals surface area contributed by atoms with E-state index in [0.29, 0.717) is 12.4 Å². The van der Waals surface area contributed by atoms with Gasteiger partial charge in [-0.15, -0.1) is 11.3 Å². The highest BCUT2D eigenvalue weighted by Crippen LogP contribution is 2.21. The van der Waals surface area contributed by atoms with Crippen molar-refractivity contribution < 1.29 is 4.74 Å². The van der Waals surface area contributed by atoms with Gasteiger partial charge in [-0.25, -0.2) is 9.97 Å². The van der Waals surface area contributed by atoms with Gasteiger partial charge in [0.15, 0.2) is 5.82 Å². The summed E-state index contributed by atoms with van der Waals surface area (Å²) in [7, 11) is 1.65. The molecular weight excluding hydrogens is 284 g/mol. The molecule has 0 aliphatic carbocycles. The quantitative estimate of drug-likeness (QED) is 0.821. The van der Waals surface area contributed by atoms with Gasteiger partial charge in [0.2, 0.25) is 0 Å². The fourth-order valence-electron chi connectivity index (χ4n) is 1.97. The molecule has 2 N–H and O–H groups in total. The first-order chi connectivity index (χ1) is 10.1. The van der Waals surface area contributed by atoms with Crippen molar-refractivity contribution in [2.75, 3.05) is 24.3 Å². The molecule has 2 heterocycles.